The topological polar surface area (TPSA) is 60.3 Å². The van der Waals surface area contributed by atoms with E-state index < -0.39 is 12.1 Å². The fraction of sp³-hybridized carbons (Fsp3) is 0.455. The molecule has 1 N–H and O–H groups in total. The summed E-state index contributed by atoms with van der Waals surface area (Å²) in [5, 5.41) is 2.87. The summed E-state index contributed by atoms with van der Waals surface area (Å²) in [5.41, 5.74) is 5.96. The van der Waals surface area contributed by atoms with Crippen molar-refractivity contribution in [1.82, 2.24) is 4.57 Å². The van der Waals surface area contributed by atoms with Crippen molar-refractivity contribution in [2.45, 2.75) is 65.0 Å². The predicted molar refractivity (Wildman–Crippen MR) is 104 cm³/mol. The molecule has 1 aromatic carbocycles. The van der Waals surface area contributed by atoms with Gasteiger partial charge in [0.15, 0.2) is 6.10 Å². The second-order valence-corrected chi connectivity index (χ2v) is 7.76. The molecule has 4 rings (SSSR count). The maximum absolute atomic E-state index is 12.6. The number of amides is 1. The fourth-order valence-corrected chi connectivity index (χ4v) is 4.05. The highest BCUT2D eigenvalue weighted by Gasteiger charge is 2.29. The van der Waals surface area contributed by atoms with Gasteiger partial charge in [0, 0.05) is 23.1 Å². The van der Waals surface area contributed by atoms with Crippen LogP contribution in [0.1, 0.15) is 65.1 Å². The lowest BCUT2D eigenvalue weighted by Crippen LogP contribution is -2.30. The number of aryl methyl sites for hydroxylation is 3. The van der Waals surface area contributed by atoms with Gasteiger partial charge in [0.25, 0.3) is 5.91 Å². The maximum atomic E-state index is 12.6. The summed E-state index contributed by atoms with van der Waals surface area (Å²) in [4.78, 5) is 25.0. The molecule has 1 fully saturated rings. The summed E-state index contributed by atoms with van der Waals surface area (Å²) < 4.78 is 7.65. The number of rotatable bonds is 5. The van der Waals surface area contributed by atoms with Crippen LogP contribution in [-0.4, -0.2) is 22.5 Å². The van der Waals surface area contributed by atoms with Crippen molar-refractivity contribution in [2.75, 3.05) is 5.32 Å². The van der Waals surface area contributed by atoms with Crippen LogP contribution in [0.4, 0.5) is 5.69 Å². The predicted octanol–water partition coefficient (Wildman–Crippen LogP) is 4.11. The van der Waals surface area contributed by atoms with Gasteiger partial charge in [0.1, 0.15) is 0 Å². The van der Waals surface area contributed by atoms with E-state index in [1.54, 1.807) is 6.92 Å². The van der Waals surface area contributed by atoms with Crippen LogP contribution in [0.25, 0.3) is 0 Å². The normalized spacial score (nSPS) is 16.7. The number of nitrogens with one attached hydrogen (secondary N) is 1. The van der Waals surface area contributed by atoms with E-state index in [1.807, 2.05) is 32.0 Å². The molecule has 2 aliphatic carbocycles. The van der Waals surface area contributed by atoms with Gasteiger partial charge < -0.3 is 14.6 Å². The lowest BCUT2D eigenvalue weighted by atomic mass is 10.1. The van der Waals surface area contributed by atoms with Crippen LogP contribution in [0.3, 0.4) is 0 Å². The summed E-state index contributed by atoms with van der Waals surface area (Å²) in [7, 11) is 0. The molecule has 1 amide bonds. The molecular weight excluding hydrogens is 340 g/mol. The lowest BCUT2D eigenvalue weighted by molar-refractivity contribution is -0.123. The van der Waals surface area contributed by atoms with Crippen LogP contribution in [0.5, 0.6) is 0 Å². The summed E-state index contributed by atoms with van der Waals surface area (Å²) >= 11 is 0. The van der Waals surface area contributed by atoms with E-state index in [4.69, 9.17) is 4.74 Å². The minimum Gasteiger partial charge on any atom is -0.449 e. The van der Waals surface area contributed by atoms with E-state index >= 15 is 0 Å². The molecule has 0 bridgehead atoms. The van der Waals surface area contributed by atoms with Crippen molar-refractivity contribution in [3.8, 4) is 0 Å². The third kappa shape index (κ3) is 3.51. The van der Waals surface area contributed by atoms with Crippen molar-refractivity contribution >= 4 is 17.6 Å². The van der Waals surface area contributed by atoms with Crippen LogP contribution >= 0.6 is 0 Å². The minimum absolute atomic E-state index is 0.308. The van der Waals surface area contributed by atoms with Gasteiger partial charge in [-0.05, 0) is 82.2 Å². The van der Waals surface area contributed by atoms with E-state index in [-0.39, 0.29) is 5.91 Å². The first-order valence-corrected chi connectivity index (χ1v) is 9.76. The smallest absolute Gasteiger partial charge is 0.340 e. The molecule has 0 saturated heterocycles. The summed E-state index contributed by atoms with van der Waals surface area (Å²) in [6, 6.07) is 8.38. The Morgan fingerprint density at radius 1 is 1.15 bits per heavy atom. The van der Waals surface area contributed by atoms with Crippen molar-refractivity contribution in [2.24, 2.45) is 0 Å². The molecule has 5 heteroatoms. The average Bonchev–Trinajstić information content (AvgIpc) is 3.26. The molecule has 0 spiro atoms. The van der Waals surface area contributed by atoms with Crippen LogP contribution in [-0.2, 0) is 22.4 Å². The summed E-state index contributed by atoms with van der Waals surface area (Å²) in [6.07, 6.45) is 4.79. The van der Waals surface area contributed by atoms with Crippen LogP contribution in [0.2, 0.25) is 0 Å². The van der Waals surface area contributed by atoms with Crippen molar-refractivity contribution in [3.05, 3.63) is 52.3 Å². The first-order valence-electron chi connectivity index (χ1n) is 9.76. The zero-order valence-corrected chi connectivity index (χ0v) is 16.2. The number of benzene rings is 1. The molecule has 0 aliphatic heterocycles. The van der Waals surface area contributed by atoms with Gasteiger partial charge in [0.05, 0.1) is 5.56 Å². The molecule has 1 heterocycles. The van der Waals surface area contributed by atoms with Gasteiger partial charge in [-0.2, -0.15) is 0 Å². The van der Waals surface area contributed by atoms with E-state index in [9.17, 15) is 9.59 Å². The minimum atomic E-state index is -0.852. The van der Waals surface area contributed by atoms with Gasteiger partial charge in [-0.3, -0.25) is 4.79 Å². The highest BCUT2D eigenvalue weighted by atomic mass is 16.5. The van der Waals surface area contributed by atoms with Crippen LogP contribution in [0.15, 0.2) is 24.3 Å². The average molecular weight is 366 g/mol. The molecule has 2 aromatic rings. The number of ether oxygens (including phenoxy) is 1. The molecule has 1 atom stereocenters. The number of esters is 1. The van der Waals surface area contributed by atoms with Gasteiger partial charge in [0.2, 0.25) is 0 Å². The Balaban J connectivity index is 1.41. The Labute approximate surface area is 159 Å². The molecule has 1 saturated carbocycles. The Bertz CT molecular complexity index is 909. The molecule has 0 unspecified atom stereocenters. The monoisotopic (exact) mass is 366 g/mol. The zero-order valence-electron chi connectivity index (χ0n) is 16.2. The summed E-state index contributed by atoms with van der Waals surface area (Å²) in [6.45, 7) is 5.56. The number of anilines is 1. The lowest BCUT2D eigenvalue weighted by Gasteiger charge is -2.14. The maximum Gasteiger partial charge on any atom is 0.340 e. The van der Waals surface area contributed by atoms with E-state index in [2.05, 4.69) is 16.0 Å². The van der Waals surface area contributed by atoms with Gasteiger partial charge in [-0.1, -0.05) is 6.07 Å². The third-order valence-electron chi connectivity index (χ3n) is 5.64. The van der Waals surface area contributed by atoms with Crippen molar-refractivity contribution in [1.29, 1.82) is 0 Å². The Morgan fingerprint density at radius 3 is 2.63 bits per heavy atom. The second kappa shape index (κ2) is 6.87. The number of hydrogen-bond donors (Lipinski definition) is 1. The number of hydrogen-bond acceptors (Lipinski definition) is 3. The number of carbonyl (C=O) groups excluding carboxylic acids is 2. The zero-order chi connectivity index (χ0) is 19.1. The first-order chi connectivity index (χ1) is 12.9. The fourth-order valence-electron chi connectivity index (χ4n) is 4.05. The van der Waals surface area contributed by atoms with Crippen molar-refractivity contribution < 1.29 is 14.3 Å². The quantitative estimate of drug-likeness (QED) is 0.810. The molecule has 1 aromatic heterocycles. The number of carbonyl (C=O) groups is 2. The second-order valence-electron chi connectivity index (χ2n) is 7.76. The van der Waals surface area contributed by atoms with E-state index in [0.29, 0.717) is 11.6 Å². The van der Waals surface area contributed by atoms with Gasteiger partial charge >= 0.3 is 5.97 Å². The largest absolute Gasteiger partial charge is 0.449 e. The molecule has 142 valence electrons. The van der Waals surface area contributed by atoms with Crippen LogP contribution < -0.4 is 5.32 Å². The summed E-state index contributed by atoms with van der Waals surface area (Å²) in [5.74, 6) is -0.746. The third-order valence-corrected chi connectivity index (χ3v) is 5.64. The SMILES string of the molecule is Cc1cc(C(=O)O[C@@H](C)C(=O)Nc2ccc3c(c2)CCC3)c(C)n1C1CC1. The standard InChI is InChI=1S/C22H26N2O3/c1-13-11-20(14(2)24(13)19-9-10-19)22(26)27-15(3)21(25)23-18-8-7-16-5-4-6-17(16)12-18/h7-8,11-12,15,19H,4-6,9-10H2,1-3H3,(H,23,25)/t15-/m0/s1. The Morgan fingerprint density at radius 2 is 1.89 bits per heavy atom. The molecular formula is C22H26N2O3. The van der Waals surface area contributed by atoms with Gasteiger partial charge in [-0.25, -0.2) is 4.79 Å². The number of fused-ring (bicyclic) bond motifs is 1. The molecule has 0 radical (unpaired) electrons. The van der Waals surface area contributed by atoms with Gasteiger partial charge in [-0.15, -0.1) is 0 Å². The van der Waals surface area contributed by atoms with Crippen LogP contribution in [0, 0.1) is 13.8 Å². The van der Waals surface area contributed by atoms with Crippen molar-refractivity contribution in [3.63, 3.8) is 0 Å². The number of nitrogens with zero attached hydrogens (tertiary/aromatic N) is 1. The van der Waals surface area contributed by atoms with E-state index in [1.165, 1.54) is 17.5 Å². The Hall–Kier alpha value is -2.56. The number of aromatic nitrogens is 1. The first kappa shape index (κ1) is 17.8. The molecule has 2 aliphatic rings. The highest BCUT2D eigenvalue weighted by molar-refractivity contribution is 5.98. The Kier molecular flexibility index (Phi) is 4.54. The molecule has 5 nitrogen and oxygen atoms in total. The van der Waals surface area contributed by atoms with E-state index in [0.717, 1.165) is 42.8 Å². The highest BCUT2D eigenvalue weighted by Crippen LogP contribution is 2.38. The molecule has 27 heavy (non-hydrogen) atoms.